The Bertz CT molecular complexity index is 233. The predicted octanol–water partition coefficient (Wildman–Crippen LogP) is 3.82. The Morgan fingerprint density at radius 3 is 2.39 bits per heavy atom. The lowest BCUT2D eigenvalue weighted by molar-refractivity contribution is -0.137. The Kier molecular flexibility index (Phi) is 5.92. The molecule has 0 aromatic carbocycles. The van der Waals surface area contributed by atoms with Crippen LogP contribution in [-0.2, 0) is 4.74 Å². The molecular formula is C13H23F3O2. The van der Waals surface area contributed by atoms with Crippen LogP contribution in [-0.4, -0.2) is 29.6 Å². The molecule has 1 heterocycles. The van der Waals surface area contributed by atoms with Crippen LogP contribution in [0.15, 0.2) is 0 Å². The van der Waals surface area contributed by atoms with Crippen LogP contribution in [0.5, 0.6) is 0 Å². The highest BCUT2D eigenvalue weighted by atomic mass is 19.4. The van der Waals surface area contributed by atoms with Gasteiger partial charge < -0.3 is 9.84 Å². The van der Waals surface area contributed by atoms with Crippen LogP contribution in [0.1, 0.15) is 58.3 Å². The van der Waals surface area contributed by atoms with Gasteiger partial charge in [-0.3, -0.25) is 0 Å². The molecule has 0 saturated carbocycles. The van der Waals surface area contributed by atoms with Crippen molar-refractivity contribution in [2.75, 3.05) is 6.61 Å². The fourth-order valence-electron chi connectivity index (χ4n) is 2.38. The topological polar surface area (TPSA) is 29.5 Å². The maximum Gasteiger partial charge on any atom is 0.389 e. The highest BCUT2D eigenvalue weighted by molar-refractivity contribution is 4.75. The van der Waals surface area contributed by atoms with Gasteiger partial charge in [0.05, 0.1) is 11.7 Å². The molecule has 2 nitrogen and oxygen atoms in total. The predicted molar refractivity (Wildman–Crippen MR) is 63.4 cm³/mol. The summed E-state index contributed by atoms with van der Waals surface area (Å²) in [6.07, 6.45) is -0.0277. The Balaban J connectivity index is 2.10. The van der Waals surface area contributed by atoms with Crippen LogP contribution in [0, 0.1) is 0 Å². The number of alkyl halides is 3. The zero-order valence-corrected chi connectivity index (χ0v) is 10.9. The Morgan fingerprint density at radius 2 is 1.83 bits per heavy atom. The van der Waals surface area contributed by atoms with Crippen molar-refractivity contribution in [2.45, 2.75) is 76.2 Å². The van der Waals surface area contributed by atoms with E-state index in [1.54, 1.807) is 6.92 Å². The fourth-order valence-corrected chi connectivity index (χ4v) is 2.38. The van der Waals surface area contributed by atoms with Crippen LogP contribution in [0.2, 0.25) is 0 Å². The molecular weight excluding hydrogens is 245 g/mol. The van der Waals surface area contributed by atoms with Crippen LogP contribution in [0.25, 0.3) is 0 Å². The van der Waals surface area contributed by atoms with Crippen LogP contribution < -0.4 is 0 Å². The van der Waals surface area contributed by atoms with Crippen molar-refractivity contribution in [3.05, 3.63) is 0 Å². The van der Waals surface area contributed by atoms with Crippen molar-refractivity contribution in [3.8, 4) is 0 Å². The van der Waals surface area contributed by atoms with Gasteiger partial charge in [-0.25, -0.2) is 0 Å². The average Bonchev–Trinajstić information content (AvgIpc) is 2.67. The minimum Gasteiger partial charge on any atom is -0.390 e. The van der Waals surface area contributed by atoms with Crippen LogP contribution in [0.4, 0.5) is 13.2 Å². The number of hydrogen-bond donors (Lipinski definition) is 1. The van der Waals surface area contributed by atoms with E-state index in [4.69, 9.17) is 4.74 Å². The third kappa shape index (κ3) is 7.21. The Morgan fingerprint density at radius 1 is 1.17 bits per heavy atom. The summed E-state index contributed by atoms with van der Waals surface area (Å²) in [6.45, 7) is 2.44. The number of rotatable bonds is 7. The summed E-state index contributed by atoms with van der Waals surface area (Å²) < 4.78 is 41.4. The second-order valence-corrected chi connectivity index (χ2v) is 5.49. The van der Waals surface area contributed by atoms with Gasteiger partial charge in [-0.05, 0) is 51.9 Å². The van der Waals surface area contributed by atoms with Crippen molar-refractivity contribution in [3.63, 3.8) is 0 Å². The van der Waals surface area contributed by atoms with Crippen molar-refractivity contribution in [1.29, 1.82) is 0 Å². The van der Waals surface area contributed by atoms with Crippen molar-refractivity contribution in [1.82, 2.24) is 0 Å². The minimum atomic E-state index is -4.12. The molecule has 0 radical (unpaired) electrons. The van der Waals surface area contributed by atoms with Gasteiger partial charge in [0.25, 0.3) is 0 Å². The molecule has 5 heteroatoms. The maximum absolute atomic E-state index is 12.0. The molecule has 2 atom stereocenters. The zero-order chi connectivity index (χ0) is 13.6. The van der Waals surface area contributed by atoms with E-state index in [9.17, 15) is 18.3 Å². The molecule has 1 fully saturated rings. The molecule has 0 aliphatic carbocycles. The number of ether oxygens (including phenoxy) is 1. The molecule has 0 aromatic heterocycles. The quantitative estimate of drug-likeness (QED) is 0.760. The summed E-state index contributed by atoms with van der Waals surface area (Å²) in [5.74, 6) is 0. The third-order valence-corrected chi connectivity index (χ3v) is 3.44. The maximum atomic E-state index is 12.0. The SMILES string of the molecule is CC(O)(CCCC1CCCO1)CCCC(F)(F)F. The molecule has 1 N–H and O–H groups in total. The van der Waals surface area contributed by atoms with E-state index >= 15 is 0 Å². The van der Waals surface area contributed by atoms with E-state index in [2.05, 4.69) is 0 Å². The van der Waals surface area contributed by atoms with Gasteiger partial charge in [0, 0.05) is 13.0 Å². The van der Waals surface area contributed by atoms with Gasteiger partial charge in [-0.1, -0.05) is 0 Å². The number of halogens is 3. The summed E-state index contributed by atoms with van der Waals surface area (Å²) in [6, 6.07) is 0. The van der Waals surface area contributed by atoms with Gasteiger partial charge in [-0.15, -0.1) is 0 Å². The molecule has 0 spiro atoms. The number of aliphatic hydroxyl groups is 1. The lowest BCUT2D eigenvalue weighted by Crippen LogP contribution is -2.25. The van der Waals surface area contributed by atoms with Gasteiger partial charge in [-0.2, -0.15) is 13.2 Å². The van der Waals surface area contributed by atoms with E-state index < -0.39 is 18.2 Å². The molecule has 0 aromatic rings. The van der Waals surface area contributed by atoms with E-state index in [0.29, 0.717) is 6.42 Å². The van der Waals surface area contributed by atoms with Crippen LogP contribution >= 0.6 is 0 Å². The Hall–Kier alpha value is -0.290. The summed E-state index contributed by atoms with van der Waals surface area (Å²) in [5.41, 5.74) is -0.982. The van der Waals surface area contributed by atoms with Gasteiger partial charge >= 0.3 is 6.18 Å². The first-order valence-electron chi connectivity index (χ1n) is 6.69. The minimum absolute atomic E-state index is 0.00354. The smallest absolute Gasteiger partial charge is 0.389 e. The third-order valence-electron chi connectivity index (χ3n) is 3.44. The molecule has 1 saturated heterocycles. The molecule has 0 bridgehead atoms. The van der Waals surface area contributed by atoms with E-state index in [1.807, 2.05) is 0 Å². The van der Waals surface area contributed by atoms with Crippen molar-refractivity contribution in [2.24, 2.45) is 0 Å². The first-order chi connectivity index (χ1) is 8.29. The molecule has 2 unspecified atom stereocenters. The zero-order valence-electron chi connectivity index (χ0n) is 10.9. The molecule has 1 aliphatic heterocycles. The van der Waals surface area contributed by atoms with Crippen molar-refractivity contribution >= 4 is 0 Å². The molecule has 0 amide bonds. The lowest BCUT2D eigenvalue weighted by Gasteiger charge is -2.24. The molecule has 1 aliphatic rings. The highest BCUT2D eigenvalue weighted by Crippen LogP contribution is 2.28. The molecule has 108 valence electrons. The summed E-state index contributed by atoms with van der Waals surface area (Å²) in [7, 11) is 0. The van der Waals surface area contributed by atoms with E-state index in [1.165, 1.54) is 0 Å². The highest BCUT2D eigenvalue weighted by Gasteiger charge is 2.29. The standard InChI is InChI=1S/C13H23F3O2/c1-12(17,8-4-9-13(14,15)16)7-2-5-11-6-3-10-18-11/h11,17H,2-10H2,1H3. The first-order valence-corrected chi connectivity index (χ1v) is 6.69. The summed E-state index contributed by atoms with van der Waals surface area (Å²) >= 11 is 0. The Labute approximate surface area is 107 Å². The largest absolute Gasteiger partial charge is 0.390 e. The average molecular weight is 268 g/mol. The van der Waals surface area contributed by atoms with Crippen LogP contribution in [0.3, 0.4) is 0 Å². The lowest BCUT2D eigenvalue weighted by atomic mass is 9.92. The molecule has 1 rings (SSSR count). The fraction of sp³-hybridized carbons (Fsp3) is 1.00. The van der Waals surface area contributed by atoms with E-state index in [0.717, 1.165) is 32.3 Å². The first kappa shape index (κ1) is 15.8. The monoisotopic (exact) mass is 268 g/mol. The van der Waals surface area contributed by atoms with Gasteiger partial charge in [0.2, 0.25) is 0 Å². The van der Waals surface area contributed by atoms with Crippen molar-refractivity contribution < 1.29 is 23.0 Å². The second kappa shape index (κ2) is 6.75. The molecule has 18 heavy (non-hydrogen) atoms. The normalized spacial score (nSPS) is 24.2. The summed E-state index contributed by atoms with van der Waals surface area (Å²) in [5, 5.41) is 9.98. The van der Waals surface area contributed by atoms with Gasteiger partial charge in [0.15, 0.2) is 0 Å². The van der Waals surface area contributed by atoms with E-state index in [-0.39, 0.29) is 18.9 Å². The number of hydrogen-bond acceptors (Lipinski definition) is 2. The second-order valence-electron chi connectivity index (χ2n) is 5.49. The summed E-state index contributed by atoms with van der Waals surface area (Å²) in [4.78, 5) is 0. The van der Waals surface area contributed by atoms with Gasteiger partial charge in [0.1, 0.15) is 0 Å².